The Kier molecular flexibility index (Phi) is 3.14. The van der Waals surface area contributed by atoms with Crippen LogP contribution in [0.2, 0.25) is 0 Å². The maximum absolute atomic E-state index is 6.62. The van der Waals surface area contributed by atoms with Crippen molar-refractivity contribution in [1.29, 1.82) is 0 Å². The maximum atomic E-state index is 6.62. The fourth-order valence-corrected chi connectivity index (χ4v) is 6.61. The van der Waals surface area contributed by atoms with Gasteiger partial charge in [-0.15, -0.1) is 0 Å². The van der Waals surface area contributed by atoms with Crippen molar-refractivity contribution in [3.8, 4) is 0 Å². The van der Waals surface area contributed by atoms with E-state index in [0.29, 0.717) is 0 Å². The summed E-state index contributed by atoms with van der Waals surface area (Å²) >= 11 is 0. The molecule has 0 bridgehead atoms. The van der Waals surface area contributed by atoms with E-state index >= 15 is 0 Å². The molecule has 35 heavy (non-hydrogen) atoms. The number of furan rings is 2. The Morgan fingerprint density at radius 2 is 1.51 bits per heavy atom. The Hall–Kier alpha value is -4.24. The van der Waals surface area contributed by atoms with E-state index in [2.05, 4.69) is 84.2 Å². The van der Waals surface area contributed by atoms with Crippen LogP contribution in [0, 0.1) is 6.92 Å². The van der Waals surface area contributed by atoms with E-state index in [4.69, 9.17) is 8.83 Å². The third-order valence-electron chi connectivity index (χ3n) is 8.04. The molecule has 0 saturated carbocycles. The second-order valence-corrected chi connectivity index (χ2v) is 10.0. The number of fused-ring (bicyclic) bond motifs is 14. The van der Waals surface area contributed by atoms with Crippen LogP contribution in [0.15, 0.2) is 63.5 Å². The van der Waals surface area contributed by atoms with Crippen LogP contribution >= 0.6 is 0 Å². The molecule has 0 fully saturated rings. The number of nitrogens with zero attached hydrogens (tertiary/aromatic N) is 1. The Bertz CT molecular complexity index is 2240. The lowest BCUT2D eigenvalue weighted by molar-refractivity contribution is 0.578. The van der Waals surface area contributed by atoms with Gasteiger partial charge in [0.25, 0.3) is 0 Å². The number of rotatable bonds is 0. The highest BCUT2D eigenvalue weighted by Gasteiger charge is 2.25. The molecule has 4 heterocycles. The molecule has 4 aromatic heterocycles. The molecular weight excluding hydrogens is 430 g/mol. The van der Waals surface area contributed by atoms with E-state index in [-0.39, 0.29) is 0 Å². The fourth-order valence-electron chi connectivity index (χ4n) is 6.61. The van der Waals surface area contributed by atoms with Gasteiger partial charge in [-0.25, -0.2) is 0 Å². The Morgan fingerprint density at radius 3 is 2.34 bits per heavy atom. The molecule has 166 valence electrons. The largest absolute Gasteiger partial charge is 0.454 e. The van der Waals surface area contributed by atoms with Crippen LogP contribution < -0.4 is 10.6 Å². The third-order valence-corrected chi connectivity index (χ3v) is 8.04. The van der Waals surface area contributed by atoms with E-state index in [0.717, 1.165) is 52.6 Å². The first-order valence-corrected chi connectivity index (χ1v) is 12.4. The number of aryl methyl sites for hydroxylation is 2. The molecule has 2 aliphatic rings. The average Bonchev–Trinajstić information content (AvgIpc) is 3.55. The van der Waals surface area contributed by atoms with Gasteiger partial charge >= 0.3 is 0 Å². The first-order valence-electron chi connectivity index (χ1n) is 12.4. The standard InChI is InChI=1S/C32H21NO2/c1-17-15-24-20-11-13-22-18-7-3-2-4-9-26(18)34-31(22)29(20)33-28(24)25(16-17)21-12-14-23-19-8-5-6-10-27(19)35-32(23)30(21)33/h2,4,6-7,9-16H,3,5,8H2,1H3. The minimum atomic E-state index is 0.914. The van der Waals surface area contributed by atoms with Gasteiger partial charge in [0.15, 0.2) is 11.2 Å². The monoisotopic (exact) mass is 451 g/mol. The van der Waals surface area contributed by atoms with Gasteiger partial charge in [-0.05, 0) is 62.1 Å². The summed E-state index contributed by atoms with van der Waals surface area (Å²) in [5, 5.41) is 8.62. The smallest absolute Gasteiger partial charge is 0.160 e. The van der Waals surface area contributed by atoms with Gasteiger partial charge in [0.2, 0.25) is 0 Å². The third kappa shape index (κ3) is 2.09. The Balaban J connectivity index is 1.62. The van der Waals surface area contributed by atoms with Crippen molar-refractivity contribution in [2.45, 2.75) is 26.2 Å². The summed E-state index contributed by atoms with van der Waals surface area (Å²) in [6.45, 7) is 2.19. The Labute approximate surface area is 199 Å². The molecule has 0 N–H and O–H groups in total. The molecule has 0 radical (unpaired) electrons. The van der Waals surface area contributed by atoms with E-state index < -0.39 is 0 Å². The van der Waals surface area contributed by atoms with Crippen LogP contribution in [0.1, 0.15) is 29.7 Å². The predicted octanol–water partition coefficient (Wildman–Crippen LogP) is 7.12. The molecule has 0 atom stereocenters. The molecule has 7 aromatic rings. The summed E-state index contributed by atoms with van der Waals surface area (Å²) in [4.78, 5) is 0. The molecule has 0 amide bonds. The van der Waals surface area contributed by atoms with E-state index in [9.17, 15) is 0 Å². The van der Waals surface area contributed by atoms with Crippen molar-refractivity contribution >= 4 is 78.3 Å². The highest BCUT2D eigenvalue weighted by Crippen LogP contribution is 2.45. The van der Waals surface area contributed by atoms with Crippen LogP contribution in [0.3, 0.4) is 0 Å². The first kappa shape index (κ1) is 18.1. The van der Waals surface area contributed by atoms with Crippen LogP contribution in [-0.2, 0) is 6.42 Å². The van der Waals surface area contributed by atoms with Crippen molar-refractivity contribution in [1.82, 2.24) is 4.40 Å². The number of aromatic nitrogens is 1. The quantitative estimate of drug-likeness (QED) is 0.246. The van der Waals surface area contributed by atoms with E-state index in [1.807, 2.05) is 0 Å². The molecule has 0 spiro atoms. The van der Waals surface area contributed by atoms with Crippen molar-refractivity contribution in [2.24, 2.45) is 0 Å². The summed E-state index contributed by atoms with van der Waals surface area (Å²) in [7, 11) is 0. The first-order chi connectivity index (χ1) is 17.3. The summed E-state index contributed by atoms with van der Waals surface area (Å²) < 4.78 is 15.6. The van der Waals surface area contributed by atoms with Gasteiger partial charge in [-0.1, -0.05) is 42.5 Å². The van der Waals surface area contributed by atoms with Gasteiger partial charge in [-0.3, -0.25) is 0 Å². The lowest BCUT2D eigenvalue weighted by atomic mass is 9.99. The van der Waals surface area contributed by atoms with Crippen molar-refractivity contribution < 1.29 is 8.83 Å². The highest BCUT2D eigenvalue weighted by molar-refractivity contribution is 6.29. The van der Waals surface area contributed by atoms with Crippen LogP contribution in [-0.4, -0.2) is 4.40 Å². The summed E-state index contributed by atoms with van der Waals surface area (Å²) in [5.41, 5.74) is 9.02. The van der Waals surface area contributed by atoms with Gasteiger partial charge in [-0.2, -0.15) is 0 Å². The number of hydrogen-bond acceptors (Lipinski definition) is 2. The van der Waals surface area contributed by atoms with Crippen molar-refractivity contribution in [3.63, 3.8) is 0 Å². The average molecular weight is 452 g/mol. The summed E-state index contributed by atoms with van der Waals surface area (Å²) in [6, 6.07) is 13.7. The maximum Gasteiger partial charge on any atom is 0.160 e. The zero-order valence-electron chi connectivity index (χ0n) is 19.3. The van der Waals surface area contributed by atoms with Gasteiger partial charge in [0.05, 0.1) is 16.6 Å². The zero-order chi connectivity index (χ0) is 22.8. The van der Waals surface area contributed by atoms with Crippen LogP contribution in [0.4, 0.5) is 0 Å². The summed E-state index contributed by atoms with van der Waals surface area (Å²) in [5.74, 6) is 1.00. The SMILES string of the molecule is Cc1cc2c3ccc4c5c(oc4c3n3c2c(c1)c1ccc2c4c(oc2c13)=CC=CCC=4)C=CCC5. The van der Waals surface area contributed by atoms with E-state index in [1.165, 1.54) is 54.2 Å². The molecule has 0 unspecified atom stereocenters. The topological polar surface area (TPSA) is 30.7 Å². The lowest BCUT2D eigenvalue weighted by Crippen LogP contribution is -2.18. The number of benzene rings is 3. The van der Waals surface area contributed by atoms with Crippen molar-refractivity contribution in [2.75, 3.05) is 0 Å². The molecule has 0 aliphatic heterocycles. The summed E-state index contributed by atoms with van der Waals surface area (Å²) in [6.07, 6.45) is 16.0. The molecule has 2 aliphatic carbocycles. The normalized spacial score (nSPS) is 15.5. The molecular formula is C32H21NO2. The van der Waals surface area contributed by atoms with E-state index in [1.54, 1.807) is 0 Å². The molecule has 3 nitrogen and oxygen atoms in total. The molecule has 3 aromatic carbocycles. The van der Waals surface area contributed by atoms with Crippen LogP contribution in [0.25, 0.3) is 78.3 Å². The minimum Gasteiger partial charge on any atom is -0.454 e. The number of allylic oxidation sites excluding steroid dienone is 3. The van der Waals surface area contributed by atoms with Crippen LogP contribution in [0.5, 0.6) is 0 Å². The number of hydrogen-bond donors (Lipinski definition) is 0. The molecule has 3 heteroatoms. The second kappa shape index (κ2) is 6.05. The zero-order valence-corrected chi connectivity index (χ0v) is 19.3. The van der Waals surface area contributed by atoms with Crippen molar-refractivity contribution in [3.05, 3.63) is 82.1 Å². The second-order valence-electron chi connectivity index (χ2n) is 10.0. The predicted molar refractivity (Wildman–Crippen MR) is 145 cm³/mol. The lowest BCUT2D eigenvalue weighted by Gasteiger charge is -2.02. The molecule has 9 rings (SSSR count). The van der Waals surface area contributed by atoms with Gasteiger partial charge in [0, 0.05) is 43.1 Å². The molecule has 0 saturated heterocycles. The Morgan fingerprint density at radius 1 is 0.771 bits per heavy atom. The van der Waals surface area contributed by atoms with Gasteiger partial charge < -0.3 is 13.2 Å². The minimum absolute atomic E-state index is 0.914. The van der Waals surface area contributed by atoms with Gasteiger partial charge in [0.1, 0.15) is 11.2 Å². The fraction of sp³-hybridized carbons (Fsp3) is 0.125. The highest BCUT2D eigenvalue weighted by atomic mass is 16.3.